The first-order valence-corrected chi connectivity index (χ1v) is 9.82. The third-order valence-electron chi connectivity index (χ3n) is 4.59. The molecule has 0 radical (unpaired) electrons. The van der Waals surface area contributed by atoms with Crippen molar-refractivity contribution >= 4 is 29.3 Å². The SMILES string of the molecule is Cc1ccc(NC(=O)/C=C/c2ccccc2)cc1Nc1nccc(-c2cccnc2)n1. The van der Waals surface area contributed by atoms with Gasteiger partial charge in [-0.15, -0.1) is 0 Å². The van der Waals surface area contributed by atoms with E-state index in [4.69, 9.17) is 0 Å². The molecule has 2 aromatic heterocycles. The first-order valence-electron chi connectivity index (χ1n) is 9.82. The number of nitrogens with one attached hydrogen (secondary N) is 2. The van der Waals surface area contributed by atoms with Crippen LogP contribution < -0.4 is 10.6 Å². The Morgan fingerprint density at radius 1 is 0.968 bits per heavy atom. The van der Waals surface area contributed by atoms with Crippen LogP contribution in [0.15, 0.2) is 91.4 Å². The standard InChI is InChI=1S/C25H21N5O/c1-18-9-11-21(28-24(31)12-10-19-6-3-2-4-7-19)16-23(18)30-25-27-15-13-22(29-25)20-8-5-14-26-17-20/h2-17H,1H3,(H,28,31)(H,27,29,30)/b12-10+. The van der Waals surface area contributed by atoms with Crippen LogP contribution in [0.25, 0.3) is 17.3 Å². The highest BCUT2D eigenvalue weighted by atomic mass is 16.1. The fraction of sp³-hybridized carbons (Fsp3) is 0.0400. The maximum absolute atomic E-state index is 12.3. The van der Waals surface area contributed by atoms with Crippen LogP contribution in [0.3, 0.4) is 0 Å². The zero-order valence-electron chi connectivity index (χ0n) is 17.0. The summed E-state index contributed by atoms with van der Waals surface area (Å²) in [5.41, 5.74) is 5.16. The maximum Gasteiger partial charge on any atom is 0.248 e. The van der Waals surface area contributed by atoms with E-state index in [1.807, 2.05) is 73.7 Å². The van der Waals surface area contributed by atoms with Crippen LogP contribution in [0.5, 0.6) is 0 Å². The molecule has 4 aromatic rings. The second kappa shape index (κ2) is 9.45. The average Bonchev–Trinajstić information content (AvgIpc) is 2.81. The molecule has 0 aliphatic heterocycles. The number of hydrogen-bond acceptors (Lipinski definition) is 5. The highest BCUT2D eigenvalue weighted by molar-refractivity contribution is 6.02. The van der Waals surface area contributed by atoms with Gasteiger partial charge >= 0.3 is 0 Å². The van der Waals surface area contributed by atoms with E-state index in [-0.39, 0.29) is 5.91 Å². The highest BCUT2D eigenvalue weighted by Crippen LogP contribution is 2.24. The van der Waals surface area contributed by atoms with Crippen LogP contribution in [0.2, 0.25) is 0 Å². The topological polar surface area (TPSA) is 79.8 Å². The lowest BCUT2D eigenvalue weighted by Gasteiger charge is -2.11. The van der Waals surface area contributed by atoms with E-state index in [9.17, 15) is 4.79 Å². The van der Waals surface area contributed by atoms with Crippen molar-refractivity contribution in [1.29, 1.82) is 0 Å². The molecular formula is C25H21N5O. The third kappa shape index (κ3) is 5.39. The zero-order valence-corrected chi connectivity index (χ0v) is 17.0. The molecule has 2 heterocycles. The zero-order chi connectivity index (χ0) is 21.5. The Labute approximate surface area is 180 Å². The quantitative estimate of drug-likeness (QED) is 0.427. The number of pyridine rings is 1. The van der Waals surface area contributed by atoms with Crippen molar-refractivity contribution in [3.63, 3.8) is 0 Å². The summed E-state index contributed by atoms with van der Waals surface area (Å²) in [4.78, 5) is 25.3. The summed E-state index contributed by atoms with van der Waals surface area (Å²) in [6.45, 7) is 1.98. The number of rotatable bonds is 6. The highest BCUT2D eigenvalue weighted by Gasteiger charge is 2.07. The van der Waals surface area contributed by atoms with Gasteiger partial charge in [0.15, 0.2) is 0 Å². The Morgan fingerprint density at radius 2 is 1.84 bits per heavy atom. The first-order chi connectivity index (χ1) is 15.2. The molecular weight excluding hydrogens is 386 g/mol. The molecule has 2 aromatic carbocycles. The second-order valence-corrected chi connectivity index (χ2v) is 6.90. The molecule has 4 rings (SSSR count). The minimum Gasteiger partial charge on any atom is -0.324 e. The van der Waals surface area contributed by atoms with Gasteiger partial charge in [-0.2, -0.15) is 0 Å². The summed E-state index contributed by atoms with van der Waals surface area (Å²) in [5.74, 6) is 0.269. The van der Waals surface area contributed by atoms with Gasteiger partial charge < -0.3 is 10.6 Å². The van der Waals surface area contributed by atoms with Gasteiger partial charge in [-0.1, -0.05) is 36.4 Å². The fourth-order valence-electron chi connectivity index (χ4n) is 2.97. The van der Waals surface area contributed by atoms with Crippen molar-refractivity contribution < 1.29 is 4.79 Å². The minimum absolute atomic E-state index is 0.200. The number of carbonyl (C=O) groups is 1. The fourth-order valence-corrected chi connectivity index (χ4v) is 2.97. The number of amides is 1. The van der Waals surface area contributed by atoms with Crippen molar-refractivity contribution in [1.82, 2.24) is 15.0 Å². The van der Waals surface area contributed by atoms with E-state index in [1.54, 1.807) is 24.7 Å². The van der Waals surface area contributed by atoms with E-state index in [2.05, 4.69) is 25.6 Å². The molecule has 0 atom stereocenters. The van der Waals surface area contributed by atoms with Crippen LogP contribution in [0, 0.1) is 6.92 Å². The minimum atomic E-state index is -0.200. The third-order valence-corrected chi connectivity index (χ3v) is 4.59. The molecule has 0 spiro atoms. The number of aromatic nitrogens is 3. The number of carbonyl (C=O) groups excluding carboxylic acids is 1. The largest absolute Gasteiger partial charge is 0.324 e. The van der Waals surface area contributed by atoms with Crippen LogP contribution >= 0.6 is 0 Å². The van der Waals surface area contributed by atoms with Gasteiger partial charge in [-0.05, 0) is 54.5 Å². The number of hydrogen-bond donors (Lipinski definition) is 2. The molecule has 2 N–H and O–H groups in total. The number of aryl methyl sites for hydroxylation is 1. The average molecular weight is 407 g/mol. The Kier molecular flexibility index (Phi) is 6.09. The Hall–Kier alpha value is -4.32. The Morgan fingerprint density at radius 3 is 2.65 bits per heavy atom. The summed E-state index contributed by atoms with van der Waals surface area (Å²) >= 11 is 0. The van der Waals surface area contributed by atoms with Crippen molar-refractivity contribution in [2.75, 3.05) is 10.6 Å². The first kappa shape index (κ1) is 20.0. The van der Waals surface area contributed by atoms with Gasteiger partial charge in [0.2, 0.25) is 11.9 Å². The van der Waals surface area contributed by atoms with Gasteiger partial charge in [-0.25, -0.2) is 9.97 Å². The smallest absolute Gasteiger partial charge is 0.248 e. The predicted octanol–water partition coefficient (Wildman–Crippen LogP) is 5.24. The molecule has 0 saturated heterocycles. The molecule has 6 heteroatoms. The molecule has 0 fully saturated rings. The molecule has 0 saturated carbocycles. The molecule has 152 valence electrons. The number of nitrogens with zero attached hydrogens (tertiary/aromatic N) is 3. The Bertz CT molecular complexity index is 1210. The van der Waals surface area contributed by atoms with E-state index in [0.29, 0.717) is 11.6 Å². The summed E-state index contributed by atoms with van der Waals surface area (Å²) in [6.07, 6.45) is 8.48. The van der Waals surface area contributed by atoms with E-state index >= 15 is 0 Å². The van der Waals surface area contributed by atoms with Gasteiger partial charge in [0.1, 0.15) is 0 Å². The molecule has 6 nitrogen and oxygen atoms in total. The summed E-state index contributed by atoms with van der Waals surface area (Å²) < 4.78 is 0. The second-order valence-electron chi connectivity index (χ2n) is 6.90. The Balaban J connectivity index is 1.48. The maximum atomic E-state index is 12.3. The van der Waals surface area contributed by atoms with Crippen LogP contribution in [0.1, 0.15) is 11.1 Å². The molecule has 0 aliphatic rings. The number of benzene rings is 2. The van der Waals surface area contributed by atoms with E-state index in [1.165, 1.54) is 6.08 Å². The molecule has 31 heavy (non-hydrogen) atoms. The molecule has 0 aliphatic carbocycles. The number of anilines is 3. The monoisotopic (exact) mass is 407 g/mol. The molecule has 1 amide bonds. The lowest BCUT2D eigenvalue weighted by molar-refractivity contribution is -0.111. The van der Waals surface area contributed by atoms with Crippen molar-refractivity contribution in [3.05, 3.63) is 103 Å². The van der Waals surface area contributed by atoms with Crippen molar-refractivity contribution in [2.45, 2.75) is 6.92 Å². The van der Waals surface area contributed by atoms with Gasteiger partial charge in [0, 0.05) is 41.6 Å². The van der Waals surface area contributed by atoms with E-state index in [0.717, 1.165) is 28.1 Å². The van der Waals surface area contributed by atoms with Crippen molar-refractivity contribution in [2.24, 2.45) is 0 Å². The molecule has 0 unspecified atom stereocenters. The van der Waals surface area contributed by atoms with Gasteiger partial charge in [0.25, 0.3) is 0 Å². The van der Waals surface area contributed by atoms with Gasteiger partial charge in [0.05, 0.1) is 5.69 Å². The van der Waals surface area contributed by atoms with Crippen molar-refractivity contribution in [3.8, 4) is 11.3 Å². The van der Waals surface area contributed by atoms with E-state index < -0.39 is 0 Å². The van der Waals surface area contributed by atoms with Crippen LogP contribution in [-0.2, 0) is 4.79 Å². The summed E-state index contributed by atoms with van der Waals surface area (Å²) in [7, 11) is 0. The van der Waals surface area contributed by atoms with Crippen LogP contribution in [-0.4, -0.2) is 20.9 Å². The summed E-state index contributed by atoms with van der Waals surface area (Å²) in [6, 6.07) is 21.0. The lowest BCUT2D eigenvalue weighted by atomic mass is 10.1. The lowest BCUT2D eigenvalue weighted by Crippen LogP contribution is -2.08. The summed E-state index contributed by atoms with van der Waals surface area (Å²) in [5, 5.41) is 6.13. The van der Waals surface area contributed by atoms with Gasteiger partial charge in [-0.3, -0.25) is 9.78 Å². The molecule has 0 bridgehead atoms. The van der Waals surface area contributed by atoms with Crippen LogP contribution in [0.4, 0.5) is 17.3 Å². The normalized spacial score (nSPS) is 10.7. The predicted molar refractivity (Wildman–Crippen MR) is 124 cm³/mol.